The van der Waals surface area contributed by atoms with Gasteiger partial charge >= 0.3 is 0 Å². The monoisotopic (exact) mass is 434 g/mol. The molecule has 0 unspecified atom stereocenters. The zero-order valence-corrected chi connectivity index (χ0v) is 17.3. The number of hydrogen-bond donors (Lipinski definition) is 2. The Labute approximate surface area is 177 Å². The van der Waals surface area contributed by atoms with Crippen molar-refractivity contribution in [2.45, 2.75) is 39.0 Å². The van der Waals surface area contributed by atoms with Gasteiger partial charge < -0.3 is 10.8 Å². The zero-order valence-electron chi connectivity index (χ0n) is 16.5. The van der Waals surface area contributed by atoms with Crippen molar-refractivity contribution in [3.05, 3.63) is 63.8 Å². The van der Waals surface area contributed by atoms with Crippen molar-refractivity contribution in [1.82, 2.24) is 4.57 Å². The molecule has 0 saturated heterocycles. The van der Waals surface area contributed by atoms with Gasteiger partial charge in [0, 0.05) is 29.1 Å². The summed E-state index contributed by atoms with van der Waals surface area (Å²) in [6.45, 7) is 3.62. The largest absolute Gasteiger partial charge is 0.505 e. The Morgan fingerprint density at radius 2 is 1.90 bits per heavy atom. The maximum atomic E-state index is 14.2. The van der Waals surface area contributed by atoms with Gasteiger partial charge in [-0.15, -0.1) is 0 Å². The Morgan fingerprint density at radius 3 is 2.50 bits per heavy atom. The number of nitrogens with two attached hydrogens (primary N) is 1. The number of fused-ring (bicyclic) bond motifs is 1. The van der Waals surface area contributed by atoms with E-state index in [-0.39, 0.29) is 28.4 Å². The lowest BCUT2D eigenvalue weighted by atomic mass is 9.89. The van der Waals surface area contributed by atoms with Gasteiger partial charge in [0.25, 0.3) is 5.91 Å². The lowest BCUT2D eigenvalue weighted by Crippen LogP contribution is -2.15. The molecule has 0 bridgehead atoms. The van der Waals surface area contributed by atoms with Crippen LogP contribution in [-0.2, 0) is 4.79 Å². The molecule has 8 heteroatoms. The van der Waals surface area contributed by atoms with Crippen molar-refractivity contribution in [3.8, 4) is 5.75 Å². The molecular weight excluding hydrogens is 414 g/mol. The molecule has 3 N–H and O–H groups in total. The van der Waals surface area contributed by atoms with Gasteiger partial charge in [0.1, 0.15) is 5.82 Å². The summed E-state index contributed by atoms with van der Waals surface area (Å²) < 4.78 is 29.4. The van der Waals surface area contributed by atoms with Crippen molar-refractivity contribution in [2.24, 2.45) is 5.73 Å². The van der Waals surface area contributed by atoms with Crippen LogP contribution in [0.25, 0.3) is 10.9 Å². The normalized spacial score (nSPS) is 12.3. The molecule has 30 heavy (non-hydrogen) atoms. The van der Waals surface area contributed by atoms with E-state index in [1.165, 1.54) is 22.8 Å². The van der Waals surface area contributed by atoms with Gasteiger partial charge in [0.2, 0.25) is 5.91 Å². The number of phenols is 1. The molecule has 1 aromatic heterocycles. The van der Waals surface area contributed by atoms with Gasteiger partial charge in [-0.05, 0) is 55.5 Å². The maximum Gasteiger partial charge on any atom is 0.262 e. The van der Waals surface area contributed by atoms with Crippen molar-refractivity contribution in [3.63, 3.8) is 0 Å². The number of halogens is 3. The minimum atomic E-state index is -0.881. The fourth-order valence-corrected chi connectivity index (χ4v) is 3.97. The summed E-state index contributed by atoms with van der Waals surface area (Å²) in [5.74, 6) is -3.33. The van der Waals surface area contributed by atoms with Gasteiger partial charge in [-0.3, -0.25) is 14.2 Å². The van der Waals surface area contributed by atoms with E-state index in [0.717, 1.165) is 12.1 Å². The maximum absolute atomic E-state index is 14.2. The molecule has 2 aromatic carbocycles. The number of nitrogens with zero attached hydrogens (tertiary/aromatic N) is 1. The fraction of sp³-hybridized carbons (Fsp3) is 0.273. The Kier molecular flexibility index (Phi) is 6.12. The molecule has 0 aliphatic rings. The summed E-state index contributed by atoms with van der Waals surface area (Å²) in [4.78, 5) is 24.5. The van der Waals surface area contributed by atoms with Crippen molar-refractivity contribution in [1.29, 1.82) is 0 Å². The number of aromatic hydroxyl groups is 1. The summed E-state index contributed by atoms with van der Waals surface area (Å²) in [6.07, 6.45) is 1.22. The number of carbonyl (C=O) groups excluding carboxylic acids is 2. The van der Waals surface area contributed by atoms with Crippen LogP contribution in [0, 0.1) is 18.6 Å². The first-order valence-corrected chi connectivity index (χ1v) is 9.84. The molecule has 0 radical (unpaired) electrons. The highest BCUT2D eigenvalue weighted by Crippen LogP contribution is 2.38. The predicted molar refractivity (Wildman–Crippen MR) is 111 cm³/mol. The Balaban J connectivity index is 2.24. The van der Waals surface area contributed by atoms with Crippen LogP contribution in [0.2, 0.25) is 5.02 Å². The van der Waals surface area contributed by atoms with Gasteiger partial charge in [0.05, 0.1) is 10.5 Å². The number of aromatic nitrogens is 1. The third kappa shape index (κ3) is 3.89. The minimum Gasteiger partial charge on any atom is -0.505 e. The van der Waals surface area contributed by atoms with E-state index in [1.807, 2.05) is 6.92 Å². The average Bonchev–Trinajstić information content (AvgIpc) is 2.95. The van der Waals surface area contributed by atoms with E-state index in [9.17, 15) is 23.5 Å². The van der Waals surface area contributed by atoms with Crippen LogP contribution in [0.4, 0.5) is 8.78 Å². The van der Waals surface area contributed by atoms with E-state index < -0.39 is 29.2 Å². The highest BCUT2D eigenvalue weighted by molar-refractivity contribution is 6.30. The molecule has 0 fully saturated rings. The number of carbonyl (C=O) groups is 2. The number of phenolic OH excluding ortho intramolecular Hbond substituents is 1. The highest BCUT2D eigenvalue weighted by Gasteiger charge is 2.26. The van der Waals surface area contributed by atoms with E-state index in [2.05, 4.69) is 0 Å². The van der Waals surface area contributed by atoms with Crippen molar-refractivity contribution < 1.29 is 23.5 Å². The summed E-state index contributed by atoms with van der Waals surface area (Å²) in [5.41, 5.74) is 6.81. The topological polar surface area (TPSA) is 85.3 Å². The molecule has 0 spiro atoms. The number of benzene rings is 2. The standard InChI is InChI=1S/C22H21ClF2N2O3/c1-3-12(5-7-20(26)29)21-11(2)27(18-10-17(25)19(28)9-14(18)21)22(30)13-4-6-15(23)16(24)8-13/h4,6,8-10,12,28H,3,5,7H2,1-2H3,(H2,26,29)/t12-/m0/s1. The molecular formula is C22H21ClF2N2O3. The van der Waals surface area contributed by atoms with Crippen LogP contribution in [0.3, 0.4) is 0 Å². The third-order valence-corrected chi connectivity index (χ3v) is 5.64. The highest BCUT2D eigenvalue weighted by atomic mass is 35.5. The molecule has 1 amide bonds. The molecule has 0 aliphatic carbocycles. The first kappa shape index (κ1) is 21.8. The van der Waals surface area contributed by atoms with Crippen molar-refractivity contribution >= 4 is 34.3 Å². The average molecular weight is 435 g/mol. The van der Waals surface area contributed by atoms with E-state index in [1.54, 1.807) is 6.92 Å². The van der Waals surface area contributed by atoms with Crippen LogP contribution >= 0.6 is 11.6 Å². The second-order valence-electron chi connectivity index (χ2n) is 7.20. The van der Waals surface area contributed by atoms with Crippen molar-refractivity contribution in [2.75, 3.05) is 0 Å². The quantitative estimate of drug-likeness (QED) is 0.570. The SMILES string of the molecule is CC[C@@H](CCC(N)=O)c1c(C)n(C(=O)c2ccc(Cl)c(F)c2)c2cc(F)c(O)cc12. The van der Waals surface area contributed by atoms with Gasteiger partial charge in [-0.25, -0.2) is 8.78 Å². The fourth-order valence-electron chi connectivity index (χ4n) is 3.85. The van der Waals surface area contributed by atoms with E-state index in [4.69, 9.17) is 17.3 Å². The molecule has 1 atom stereocenters. The first-order valence-electron chi connectivity index (χ1n) is 9.47. The number of primary amides is 1. The van der Waals surface area contributed by atoms with Crippen LogP contribution < -0.4 is 5.73 Å². The van der Waals surface area contributed by atoms with Gasteiger partial charge in [-0.1, -0.05) is 18.5 Å². The second kappa shape index (κ2) is 8.44. The summed E-state index contributed by atoms with van der Waals surface area (Å²) in [5, 5.41) is 10.3. The van der Waals surface area contributed by atoms with E-state index >= 15 is 0 Å². The van der Waals surface area contributed by atoms with Gasteiger partial charge in [0.15, 0.2) is 11.6 Å². The van der Waals surface area contributed by atoms with Crippen LogP contribution in [0.1, 0.15) is 53.7 Å². The molecule has 3 rings (SSSR count). The molecule has 0 aliphatic heterocycles. The Morgan fingerprint density at radius 1 is 1.20 bits per heavy atom. The number of rotatable bonds is 6. The molecule has 158 valence electrons. The van der Waals surface area contributed by atoms with E-state index in [0.29, 0.717) is 29.5 Å². The number of hydrogen-bond acceptors (Lipinski definition) is 3. The summed E-state index contributed by atoms with van der Waals surface area (Å²) in [7, 11) is 0. The third-order valence-electron chi connectivity index (χ3n) is 5.33. The van der Waals surface area contributed by atoms with Crippen LogP contribution in [0.5, 0.6) is 5.75 Å². The first-order chi connectivity index (χ1) is 14.1. The lowest BCUT2D eigenvalue weighted by Gasteiger charge is -2.16. The number of amides is 1. The smallest absolute Gasteiger partial charge is 0.262 e. The summed E-state index contributed by atoms with van der Waals surface area (Å²) in [6, 6.07) is 6.04. The molecule has 1 heterocycles. The lowest BCUT2D eigenvalue weighted by molar-refractivity contribution is -0.118. The second-order valence-corrected chi connectivity index (χ2v) is 7.61. The minimum absolute atomic E-state index is 0.0436. The van der Waals surface area contributed by atoms with Gasteiger partial charge in [-0.2, -0.15) is 0 Å². The zero-order chi connectivity index (χ0) is 22.2. The summed E-state index contributed by atoms with van der Waals surface area (Å²) >= 11 is 5.71. The molecule has 0 saturated carbocycles. The molecule has 5 nitrogen and oxygen atoms in total. The van der Waals surface area contributed by atoms with Crippen LogP contribution in [0.15, 0.2) is 30.3 Å². The Hall–Kier alpha value is -2.93. The van der Waals surface area contributed by atoms with Crippen LogP contribution in [-0.4, -0.2) is 21.5 Å². The Bertz CT molecular complexity index is 1160. The molecule has 3 aromatic rings. The predicted octanol–water partition coefficient (Wildman–Crippen LogP) is 5.03.